The van der Waals surface area contributed by atoms with Gasteiger partial charge in [-0.2, -0.15) is 0 Å². The molecule has 3 amide bonds. The zero-order valence-corrected chi connectivity index (χ0v) is 15.2. The highest BCUT2D eigenvalue weighted by Crippen LogP contribution is 2.37. The van der Waals surface area contributed by atoms with E-state index in [0.29, 0.717) is 37.4 Å². The maximum atomic E-state index is 12.6. The molecule has 3 aliphatic rings. The third-order valence-electron chi connectivity index (χ3n) is 5.53. The molecule has 0 N–H and O–H groups in total. The van der Waals surface area contributed by atoms with Crippen LogP contribution in [-0.2, 0) is 14.4 Å². The lowest BCUT2D eigenvalue weighted by molar-refractivity contribution is -0.153. The van der Waals surface area contributed by atoms with Gasteiger partial charge >= 0.3 is 0 Å². The molecule has 1 aromatic rings. The summed E-state index contributed by atoms with van der Waals surface area (Å²) >= 11 is 0. The lowest BCUT2D eigenvalue weighted by Crippen LogP contribution is -2.63. The van der Waals surface area contributed by atoms with Gasteiger partial charge in [0.25, 0.3) is 5.91 Å². The molecule has 1 aromatic carbocycles. The quantitative estimate of drug-likeness (QED) is 0.576. The Morgan fingerprint density at radius 1 is 1.07 bits per heavy atom. The number of carbonyl (C=O) groups excluding carboxylic acids is 3. The highest BCUT2D eigenvalue weighted by atomic mass is 16.5. The van der Waals surface area contributed by atoms with Gasteiger partial charge in [-0.25, -0.2) is 0 Å². The van der Waals surface area contributed by atoms with E-state index in [1.807, 2.05) is 12.2 Å². The van der Waals surface area contributed by atoms with Gasteiger partial charge in [0.15, 0.2) is 6.61 Å². The highest BCUT2D eigenvalue weighted by molar-refractivity contribution is 6.06. The maximum absolute atomic E-state index is 12.6. The van der Waals surface area contributed by atoms with Crippen molar-refractivity contribution in [3.63, 3.8) is 0 Å². The Bertz CT molecular complexity index is 773. The third kappa shape index (κ3) is 3.18. The van der Waals surface area contributed by atoms with Gasteiger partial charge in [-0.3, -0.25) is 19.3 Å². The number of nitrogens with zero attached hydrogens (tertiary/aromatic N) is 2. The van der Waals surface area contributed by atoms with Crippen LogP contribution in [0.2, 0.25) is 0 Å². The first-order valence-corrected chi connectivity index (χ1v) is 9.15. The molecule has 0 aromatic heterocycles. The Hall–Kier alpha value is -2.83. The van der Waals surface area contributed by atoms with Gasteiger partial charge in [-0.05, 0) is 25.0 Å². The van der Waals surface area contributed by atoms with Crippen LogP contribution in [0, 0.1) is 11.8 Å². The van der Waals surface area contributed by atoms with E-state index >= 15 is 0 Å². The summed E-state index contributed by atoms with van der Waals surface area (Å²) in [6.45, 7) is 0.673. The third-order valence-corrected chi connectivity index (χ3v) is 5.53. The minimum absolute atomic E-state index is 0.0842. The Morgan fingerprint density at radius 3 is 2.33 bits per heavy atom. The predicted octanol–water partition coefficient (Wildman–Crippen LogP) is 1.24. The number of ether oxygens (including phenoxy) is 2. The topological polar surface area (TPSA) is 76.2 Å². The minimum atomic E-state index is -0.219. The predicted molar refractivity (Wildman–Crippen MR) is 96.1 cm³/mol. The fraction of sp³-hybridized carbons (Fsp3) is 0.450. The summed E-state index contributed by atoms with van der Waals surface area (Å²) in [6.07, 6.45) is 5.22. The fourth-order valence-corrected chi connectivity index (χ4v) is 3.94. The number of imide groups is 1. The van der Waals surface area contributed by atoms with E-state index in [9.17, 15) is 14.4 Å². The highest BCUT2D eigenvalue weighted by Gasteiger charge is 2.52. The summed E-state index contributed by atoms with van der Waals surface area (Å²) < 4.78 is 10.6. The number of amides is 3. The van der Waals surface area contributed by atoms with Crippen molar-refractivity contribution in [3.05, 3.63) is 36.4 Å². The van der Waals surface area contributed by atoms with Gasteiger partial charge in [0, 0.05) is 19.2 Å². The van der Waals surface area contributed by atoms with Crippen molar-refractivity contribution >= 4 is 17.7 Å². The van der Waals surface area contributed by atoms with Crippen LogP contribution in [0.1, 0.15) is 12.8 Å². The Morgan fingerprint density at radius 2 is 1.70 bits per heavy atom. The second-order valence-electron chi connectivity index (χ2n) is 7.12. The molecule has 0 bridgehead atoms. The number of rotatable bonds is 5. The van der Waals surface area contributed by atoms with Crippen LogP contribution in [0.25, 0.3) is 0 Å². The molecule has 2 saturated heterocycles. The van der Waals surface area contributed by atoms with Crippen LogP contribution < -0.4 is 9.47 Å². The van der Waals surface area contributed by atoms with Crippen molar-refractivity contribution in [2.45, 2.75) is 18.9 Å². The van der Waals surface area contributed by atoms with Gasteiger partial charge in [0.1, 0.15) is 11.5 Å². The molecule has 27 heavy (non-hydrogen) atoms. The molecule has 2 aliphatic heterocycles. The zero-order valence-electron chi connectivity index (χ0n) is 15.2. The molecule has 2 unspecified atom stereocenters. The maximum Gasteiger partial charge on any atom is 0.260 e. The van der Waals surface area contributed by atoms with E-state index in [-0.39, 0.29) is 42.2 Å². The number of fused-ring (bicyclic) bond motifs is 1. The molecule has 0 radical (unpaired) electrons. The SMILES string of the molecule is COc1cccc(OCC(=O)N2CC(N3C(=O)C4CC=CCC4C3=O)C2)c1. The first kappa shape index (κ1) is 17.6. The summed E-state index contributed by atoms with van der Waals surface area (Å²) in [6, 6.07) is 6.84. The van der Waals surface area contributed by atoms with Gasteiger partial charge in [-0.15, -0.1) is 0 Å². The van der Waals surface area contributed by atoms with E-state index in [0.717, 1.165) is 0 Å². The number of methoxy groups -OCH3 is 1. The Labute approximate surface area is 157 Å². The molecule has 2 heterocycles. The monoisotopic (exact) mass is 370 g/mol. The van der Waals surface area contributed by atoms with E-state index in [1.54, 1.807) is 36.3 Å². The first-order chi connectivity index (χ1) is 13.1. The van der Waals surface area contributed by atoms with Crippen LogP contribution in [0.4, 0.5) is 0 Å². The lowest BCUT2D eigenvalue weighted by Gasteiger charge is -2.43. The normalized spacial score (nSPS) is 24.6. The van der Waals surface area contributed by atoms with Crippen molar-refractivity contribution in [2.24, 2.45) is 11.8 Å². The molecule has 2 atom stereocenters. The standard InChI is InChI=1S/C20H22N2O5/c1-26-14-5-4-6-15(9-14)27-12-18(23)21-10-13(11-21)22-19(24)16-7-2-3-8-17(16)20(22)25/h2-6,9,13,16-17H,7-8,10-12H2,1H3. The summed E-state index contributed by atoms with van der Waals surface area (Å²) in [5.41, 5.74) is 0. The zero-order chi connectivity index (χ0) is 19.0. The number of hydrogen-bond acceptors (Lipinski definition) is 5. The van der Waals surface area contributed by atoms with Crippen LogP contribution in [0.5, 0.6) is 11.5 Å². The van der Waals surface area contributed by atoms with E-state index in [1.165, 1.54) is 4.90 Å². The van der Waals surface area contributed by atoms with Gasteiger partial charge in [0.2, 0.25) is 11.8 Å². The van der Waals surface area contributed by atoms with Gasteiger partial charge in [0.05, 0.1) is 25.0 Å². The summed E-state index contributed by atoms with van der Waals surface area (Å²) in [5, 5.41) is 0. The number of benzene rings is 1. The Balaban J connectivity index is 1.29. The average molecular weight is 370 g/mol. The molecule has 1 aliphatic carbocycles. The lowest BCUT2D eigenvalue weighted by atomic mass is 9.85. The smallest absolute Gasteiger partial charge is 0.260 e. The molecule has 7 nitrogen and oxygen atoms in total. The summed E-state index contributed by atoms with van der Waals surface area (Å²) in [7, 11) is 1.57. The molecule has 2 fully saturated rings. The molecule has 0 spiro atoms. The molecule has 7 heteroatoms. The van der Waals surface area contributed by atoms with Crippen molar-refractivity contribution in [3.8, 4) is 11.5 Å². The van der Waals surface area contributed by atoms with Crippen LogP contribution >= 0.6 is 0 Å². The molecular formula is C20H22N2O5. The number of likely N-dealkylation sites (tertiary alicyclic amines) is 2. The largest absolute Gasteiger partial charge is 0.497 e. The van der Waals surface area contributed by atoms with E-state index < -0.39 is 0 Å². The summed E-state index contributed by atoms with van der Waals surface area (Å²) in [5.74, 6) is 0.449. The van der Waals surface area contributed by atoms with Gasteiger partial charge < -0.3 is 14.4 Å². The van der Waals surface area contributed by atoms with Crippen molar-refractivity contribution in [1.82, 2.24) is 9.80 Å². The number of allylic oxidation sites excluding steroid dienone is 2. The van der Waals surface area contributed by atoms with Crippen molar-refractivity contribution in [2.75, 3.05) is 26.8 Å². The molecular weight excluding hydrogens is 348 g/mol. The second-order valence-corrected chi connectivity index (χ2v) is 7.12. The van der Waals surface area contributed by atoms with E-state index in [4.69, 9.17) is 9.47 Å². The number of hydrogen-bond donors (Lipinski definition) is 0. The number of carbonyl (C=O) groups is 3. The fourth-order valence-electron chi connectivity index (χ4n) is 3.94. The van der Waals surface area contributed by atoms with Crippen LogP contribution in [0.15, 0.2) is 36.4 Å². The minimum Gasteiger partial charge on any atom is -0.497 e. The molecule has 142 valence electrons. The van der Waals surface area contributed by atoms with Crippen molar-refractivity contribution in [1.29, 1.82) is 0 Å². The van der Waals surface area contributed by atoms with Crippen molar-refractivity contribution < 1.29 is 23.9 Å². The summed E-state index contributed by atoms with van der Waals surface area (Å²) in [4.78, 5) is 40.4. The first-order valence-electron chi connectivity index (χ1n) is 9.15. The van der Waals surface area contributed by atoms with Gasteiger partial charge in [-0.1, -0.05) is 18.2 Å². The Kier molecular flexibility index (Phi) is 4.59. The average Bonchev–Trinajstić information content (AvgIpc) is 2.91. The van der Waals surface area contributed by atoms with E-state index in [2.05, 4.69) is 0 Å². The molecule has 4 rings (SSSR count). The van der Waals surface area contributed by atoms with Crippen LogP contribution in [0.3, 0.4) is 0 Å². The van der Waals surface area contributed by atoms with Crippen LogP contribution in [-0.4, -0.2) is 60.4 Å². The second kappa shape index (κ2) is 7.06. The molecule has 0 saturated carbocycles.